The summed E-state index contributed by atoms with van der Waals surface area (Å²) in [5.41, 5.74) is 5.65. The third-order valence-corrected chi connectivity index (χ3v) is 2.24. The molecule has 0 saturated heterocycles. The van der Waals surface area contributed by atoms with Crippen molar-refractivity contribution in [3.63, 3.8) is 0 Å². The molecule has 0 aliphatic carbocycles. The van der Waals surface area contributed by atoms with Crippen LogP contribution in [0.4, 0.5) is 0 Å². The predicted octanol–water partition coefficient (Wildman–Crippen LogP) is -0.148. The zero-order chi connectivity index (χ0) is 13.1. The van der Waals surface area contributed by atoms with Crippen molar-refractivity contribution >= 4 is 0 Å². The fourth-order valence-corrected chi connectivity index (χ4v) is 1.51. The monoisotopic (exact) mass is 243 g/mol. The third kappa shape index (κ3) is 3.48. The summed E-state index contributed by atoms with van der Waals surface area (Å²) in [6, 6.07) is 3.19. The largest absolute Gasteiger partial charge is 0.496 e. The summed E-state index contributed by atoms with van der Waals surface area (Å²) in [4.78, 5) is 0. The summed E-state index contributed by atoms with van der Waals surface area (Å²) in [5.74, 6) is -0.896. The van der Waals surface area contributed by atoms with Crippen LogP contribution in [0.25, 0.3) is 0 Å². The first kappa shape index (κ1) is 13.6. The maximum absolute atomic E-state index is 9.19. The minimum absolute atomic E-state index is 0.184. The fourth-order valence-electron chi connectivity index (χ4n) is 1.51. The minimum atomic E-state index is -2.30. The van der Waals surface area contributed by atoms with Crippen molar-refractivity contribution in [2.24, 2.45) is 5.73 Å². The van der Waals surface area contributed by atoms with Crippen molar-refractivity contribution in [1.82, 2.24) is 0 Å². The molecule has 0 aliphatic rings. The van der Waals surface area contributed by atoms with E-state index in [1.807, 2.05) is 0 Å². The minimum Gasteiger partial charge on any atom is -0.496 e. The number of methoxy groups -OCH3 is 3. The molecule has 6 heteroatoms. The van der Waals surface area contributed by atoms with Crippen molar-refractivity contribution in [2.75, 3.05) is 21.3 Å². The Morgan fingerprint density at radius 1 is 1.00 bits per heavy atom. The molecule has 0 unspecified atom stereocenters. The molecule has 17 heavy (non-hydrogen) atoms. The maximum Gasteiger partial charge on any atom is 0.224 e. The Morgan fingerprint density at radius 2 is 1.47 bits per heavy atom. The maximum atomic E-state index is 9.19. The SMILES string of the molecule is COc1cc(OC)c(OC)cc1CC(N)(O)O. The highest BCUT2D eigenvalue weighted by Gasteiger charge is 2.21. The van der Waals surface area contributed by atoms with E-state index in [0.717, 1.165) is 0 Å². The average molecular weight is 243 g/mol. The van der Waals surface area contributed by atoms with Crippen LogP contribution in [0.5, 0.6) is 17.2 Å². The first-order valence-electron chi connectivity index (χ1n) is 4.93. The number of benzene rings is 1. The van der Waals surface area contributed by atoms with E-state index in [1.54, 1.807) is 12.1 Å². The molecule has 0 heterocycles. The normalized spacial score (nSPS) is 11.2. The summed E-state index contributed by atoms with van der Waals surface area (Å²) in [6.45, 7) is 0. The van der Waals surface area contributed by atoms with E-state index >= 15 is 0 Å². The number of ether oxygens (including phenoxy) is 3. The number of rotatable bonds is 5. The van der Waals surface area contributed by atoms with Crippen molar-refractivity contribution in [1.29, 1.82) is 0 Å². The van der Waals surface area contributed by atoms with Gasteiger partial charge in [-0.25, -0.2) is 0 Å². The Labute approximate surface area is 99.5 Å². The van der Waals surface area contributed by atoms with E-state index in [9.17, 15) is 10.2 Å². The zero-order valence-electron chi connectivity index (χ0n) is 10.1. The topological polar surface area (TPSA) is 94.2 Å². The lowest BCUT2D eigenvalue weighted by atomic mass is 10.1. The van der Waals surface area contributed by atoms with Gasteiger partial charge in [0.1, 0.15) is 5.75 Å². The third-order valence-electron chi connectivity index (χ3n) is 2.24. The first-order valence-corrected chi connectivity index (χ1v) is 4.93. The van der Waals surface area contributed by atoms with Crippen molar-refractivity contribution < 1.29 is 24.4 Å². The van der Waals surface area contributed by atoms with E-state index in [4.69, 9.17) is 19.9 Å². The van der Waals surface area contributed by atoms with Gasteiger partial charge in [0.15, 0.2) is 11.5 Å². The molecule has 1 aromatic rings. The molecule has 4 N–H and O–H groups in total. The highest BCUT2D eigenvalue weighted by molar-refractivity contribution is 5.51. The van der Waals surface area contributed by atoms with Gasteiger partial charge in [0.25, 0.3) is 0 Å². The Balaban J connectivity index is 3.19. The Bertz CT molecular complexity index is 386. The van der Waals surface area contributed by atoms with Crippen molar-refractivity contribution in [2.45, 2.75) is 12.3 Å². The molecule has 0 aromatic heterocycles. The number of nitrogens with two attached hydrogens (primary N) is 1. The van der Waals surface area contributed by atoms with Gasteiger partial charge in [-0.05, 0) is 6.07 Å². The van der Waals surface area contributed by atoms with Crippen LogP contribution in [0, 0.1) is 0 Å². The van der Waals surface area contributed by atoms with Gasteiger partial charge in [-0.1, -0.05) is 0 Å². The van der Waals surface area contributed by atoms with Crippen LogP contribution in [0.2, 0.25) is 0 Å². The molecule has 0 bridgehead atoms. The summed E-state index contributed by atoms with van der Waals surface area (Å²) in [5, 5.41) is 18.4. The molecule has 0 fully saturated rings. The first-order chi connectivity index (χ1) is 7.91. The van der Waals surface area contributed by atoms with Crippen molar-refractivity contribution in [3.8, 4) is 17.2 Å². The number of aliphatic hydroxyl groups is 2. The Hall–Kier alpha value is -1.50. The Morgan fingerprint density at radius 3 is 1.88 bits per heavy atom. The smallest absolute Gasteiger partial charge is 0.224 e. The summed E-state index contributed by atoms with van der Waals surface area (Å²) in [7, 11) is 4.46. The van der Waals surface area contributed by atoms with Gasteiger partial charge < -0.3 is 24.4 Å². The zero-order valence-corrected chi connectivity index (χ0v) is 10.1. The predicted molar refractivity (Wildman–Crippen MR) is 61.2 cm³/mol. The van der Waals surface area contributed by atoms with E-state index in [2.05, 4.69) is 0 Å². The molecule has 1 rings (SSSR count). The van der Waals surface area contributed by atoms with Gasteiger partial charge in [0.2, 0.25) is 5.91 Å². The van der Waals surface area contributed by atoms with Crippen LogP contribution in [0.1, 0.15) is 5.56 Å². The van der Waals surface area contributed by atoms with E-state index < -0.39 is 5.91 Å². The van der Waals surface area contributed by atoms with E-state index in [-0.39, 0.29) is 6.42 Å². The van der Waals surface area contributed by atoms with Crippen LogP contribution in [0.3, 0.4) is 0 Å². The lowest BCUT2D eigenvalue weighted by Crippen LogP contribution is -2.41. The van der Waals surface area contributed by atoms with Gasteiger partial charge in [-0.3, -0.25) is 5.73 Å². The number of hydrogen-bond donors (Lipinski definition) is 3. The fraction of sp³-hybridized carbons (Fsp3) is 0.455. The lowest BCUT2D eigenvalue weighted by molar-refractivity contribution is -0.153. The van der Waals surface area contributed by atoms with Crippen LogP contribution in [0.15, 0.2) is 12.1 Å². The molecule has 0 radical (unpaired) electrons. The highest BCUT2D eigenvalue weighted by Crippen LogP contribution is 2.35. The summed E-state index contributed by atoms with van der Waals surface area (Å²) in [6.07, 6.45) is -0.184. The quantitative estimate of drug-likeness (QED) is 0.623. The van der Waals surface area contributed by atoms with Gasteiger partial charge in [-0.2, -0.15) is 0 Å². The molecule has 0 aliphatic heterocycles. The summed E-state index contributed by atoms with van der Waals surface area (Å²) >= 11 is 0. The van der Waals surface area contributed by atoms with Crippen LogP contribution in [-0.4, -0.2) is 37.5 Å². The highest BCUT2D eigenvalue weighted by atomic mass is 16.5. The second-order valence-corrected chi connectivity index (χ2v) is 3.57. The van der Waals surface area contributed by atoms with E-state index in [0.29, 0.717) is 22.8 Å². The molecule has 96 valence electrons. The van der Waals surface area contributed by atoms with Gasteiger partial charge in [0, 0.05) is 18.1 Å². The van der Waals surface area contributed by atoms with Gasteiger partial charge in [-0.15, -0.1) is 0 Å². The molecular weight excluding hydrogens is 226 g/mol. The molecule has 0 saturated carbocycles. The van der Waals surface area contributed by atoms with Gasteiger partial charge in [0.05, 0.1) is 21.3 Å². The molecule has 1 aromatic carbocycles. The van der Waals surface area contributed by atoms with Crippen LogP contribution < -0.4 is 19.9 Å². The molecule has 0 atom stereocenters. The number of hydrogen-bond acceptors (Lipinski definition) is 6. The molecule has 0 spiro atoms. The average Bonchev–Trinajstić information content (AvgIpc) is 2.26. The second-order valence-electron chi connectivity index (χ2n) is 3.57. The van der Waals surface area contributed by atoms with Gasteiger partial charge >= 0.3 is 0 Å². The molecular formula is C11H17NO5. The van der Waals surface area contributed by atoms with Crippen LogP contribution in [-0.2, 0) is 6.42 Å². The van der Waals surface area contributed by atoms with Crippen molar-refractivity contribution in [3.05, 3.63) is 17.7 Å². The van der Waals surface area contributed by atoms with E-state index in [1.165, 1.54) is 21.3 Å². The summed E-state index contributed by atoms with van der Waals surface area (Å²) < 4.78 is 15.3. The van der Waals surface area contributed by atoms with Crippen LogP contribution >= 0.6 is 0 Å². The molecule has 6 nitrogen and oxygen atoms in total. The molecule has 0 amide bonds. The second kappa shape index (κ2) is 5.22. The lowest BCUT2D eigenvalue weighted by Gasteiger charge is -2.19. The Kier molecular flexibility index (Phi) is 4.17. The standard InChI is InChI=1S/C11H17NO5/c1-15-8-5-10(17-3)9(16-2)4-7(8)6-11(12,13)14/h4-5,13-14H,6,12H2,1-3H3.